The standard InChI is InChI=1S/C20H22O3/c1-21-18-12-13-19(22-14-16-8-4-2-5-9-16)20(18)23-15-17-10-6-3-7-11-17/h2-13,18-20H,14-15H2,1H3/t18-,19-,20+/m1/s1. The van der Waals surface area contributed by atoms with Crippen molar-refractivity contribution in [2.45, 2.75) is 31.5 Å². The van der Waals surface area contributed by atoms with E-state index < -0.39 is 0 Å². The molecule has 2 aromatic rings. The van der Waals surface area contributed by atoms with Gasteiger partial charge in [0.1, 0.15) is 18.3 Å². The highest BCUT2D eigenvalue weighted by Crippen LogP contribution is 2.23. The van der Waals surface area contributed by atoms with Crippen LogP contribution in [0.2, 0.25) is 0 Å². The van der Waals surface area contributed by atoms with E-state index in [0.717, 1.165) is 11.1 Å². The Balaban J connectivity index is 1.58. The minimum atomic E-state index is -0.121. The zero-order chi connectivity index (χ0) is 15.9. The number of benzene rings is 2. The molecule has 0 radical (unpaired) electrons. The molecule has 0 unspecified atom stereocenters. The predicted molar refractivity (Wildman–Crippen MR) is 90.0 cm³/mol. The second kappa shape index (κ2) is 8.06. The van der Waals surface area contributed by atoms with Gasteiger partial charge in [0.15, 0.2) is 0 Å². The number of hydrogen-bond acceptors (Lipinski definition) is 3. The van der Waals surface area contributed by atoms with Crippen LogP contribution in [0, 0.1) is 0 Å². The summed E-state index contributed by atoms with van der Waals surface area (Å²) in [5.74, 6) is 0. The van der Waals surface area contributed by atoms with Crippen LogP contribution in [0.4, 0.5) is 0 Å². The molecule has 120 valence electrons. The van der Waals surface area contributed by atoms with Gasteiger partial charge in [-0.15, -0.1) is 0 Å². The van der Waals surface area contributed by atoms with Crippen molar-refractivity contribution in [3.8, 4) is 0 Å². The number of hydrogen-bond donors (Lipinski definition) is 0. The number of rotatable bonds is 7. The highest BCUT2D eigenvalue weighted by atomic mass is 16.6. The molecule has 0 bridgehead atoms. The van der Waals surface area contributed by atoms with Gasteiger partial charge >= 0.3 is 0 Å². The summed E-state index contributed by atoms with van der Waals surface area (Å²) >= 11 is 0. The van der Waals surface area contributed by atoms with Crippen LogP contribution in [0.5, 0.6) is 0 Å². The first-order valence-corrected chi connectivity index (χ1v) is 7.89. The molecule has 2 aromatic carbocycles. The summed E-state index contributed by atoms with van der Waals surface area (Å²) in [6, 6.07) is 20.3. The van der Waals surface area contributed by atoms with Crippen LogP contribution in [-0.4, -0.2) is 25.4 Å². The van der Waals surface area contributed by atoms with Crippen molar-refractivity contribution >= 4 is 0 Å². The first-order valence-electron chi connectivity index (χ1n) is 7.89. The molecule has 0 aliphatic heterocycles. The van der Waals surface area contributed by atoms with Crippen LogP contribution in [0.1, 0.15) is 11.1 Å². The Morgan fingerprint density at radius 3 is 1.78 bits per heavy atom. The van der Waals surface area contributed by atoms with E-state index in [9.17, 15) is 0 Å². The minimum absolute atomic E-state index is 0.0699. The van der Waals surface area contributed by atoms with Gasteiger partial charge in [0.2, 0.25) is 0 Å². The van der Waals surface area contributed by atoms with E-state index in [4.69, 9.17) is 14.2 Å². The summed E-state index contributed by atoms with van der Waals surface area (Å²) in [5.41, 5.74) is 2.31. The van der Waals surface area contributed by atoms with Gasteiger partial charge in [-0.2, -0.15) is 0 Å². The van der Waals surface area contributed by atoms with E-state index >= 15 is 0 Å². The second-order valence-corrected chi connectivity index (χ2v) is 5.61. The Labute approximate surface area is 137 Å². The minimum Gasteiger partial charge on any atom is -0.375 e. The maximum atomic E-state index is 6.08. The van der Waals surface area contributed by atoms with E-state index in [1.165, 1.54) is 0 Å². The summed E-state index contributed by atoms with van der Waals surface area (Å²) in [7, 11) is 1.70. The number of ether oxygens (including phenoxy) is 3. The van der Waals surface area contributed by atoms with Crippen LogP contribution in [0.25, 0.3) is 0 Å². The van der Waals surface area contributed by atoms with E-state index in [1.807, 2.05) is 48.6 Å². The lowest BCUT2D eigenvalue weighted by molar-refractivity contribution is -0.102. The number of methoxy groups -OCH3 is 1. The van der Waals surface area contributed by atoms with Crippen LogP contribution in [0.3, 0.4) is 0 Å². The summed E-state index contributed by atoms with van der Waals surface area (Å²) in [6.07, 6.45) is 3.77. The van der Waals surface area contributed by atoms with E-state index in [1.54, 1.807) is 7.11 Å². The third-order valence-electron chi connectivity index (χ3n) is 3.98. The average molecular weight is 310 g/mol. The molecule has 3 atom stereocenters. The molecule has 0 saturated heterocycles. The molecule has 0 fully saturated rings. The first kappa shape index (κ1) is 15.9. The van der Waals surface area contributed by atoms with Gasteiger partial charge in [-0.1, -0.05) is 72.8 Å². The summed E-state index contributed by atoms with van der Waals surface area (Å²) in [4.78, 5) is 0. The Bertz CT molecular complexity index is 609. The van der Waals surface area contributed by atoms with Gasteiger partial charge < -0.3 is 14.2 Å². The molecule has 0 spiro atoms. The topological polar surface area (TPSA) is 27.7 Å². The summed E-state index contributed by atoms with van der Waals surface area (Å²) in [5, 5.41) is 0. The van der Waals surface area contributed by atoms with Gasteiger partial charge in [-0.05, 0) is 11.1 Å². The van der Waals surface area contributed by atoms with Crippen molar-refractivity contribution in [1.29, 1.82) is 0 Å². The van der Waals surface area contributed by atoms with Crippen molar-refractivity contribution in [3.05, 3.63) is 83.9 Å². The largest absolute Gasteiger partial charge is 0.375 e. The molecule has 0 aromatic heterocycles. The Morgan fingerprint density at radius 1 is 0.696 bits per heavy atom. The Kier molecular flexibility index (Phi) is 5.59. The molecule has 23 heavy (non-hydrogen) atoms. The average Bonchev–Trinajstić information content (AvgIpc) is 3.02. The molecule has 0 saturated carbocycles. The van der Waals surface area contributed by atoms with E-state index in [0.29, 0.717) is 13.2 Å². The molecule has 3 rings (SSSR count). The lowest BCUT2D eigenvalue weighted by Gasteiger charge is -2.25. The lowest BCUT2D eigenvalue weighted by Crippen LogP contribution is -2.35. The van der Waals surface area contributed by atoms with Crippen molar-refractivity contribution in [2.24, 2.45) is 0 Å². The molecule has 3 heteroatoms. The third-order valence-corrected chi connectivity index (χ3v) is 3.98. The molecule has 0 N–H and O–H groups in total. The van der Waals surface area contributed by atoms with Gasteiger partial charge in [0.05, 0.1) is 13.2 Å². The highest BCUT2D eigenvalue weighted by Gasteiger charge is 2.33. The zero-order valence-corrected chi connectivity index (χ0v) is 13.3. The van der Waals surface area contributed by atoms with Gasteiger partial charge in [-0.25, -0.2) is 0 Å². The molecule has 1 aliphatic carbocycles. The molecule has 3 nitrogen and oxygen atoms in total. The van der Waals surface area contributed by atoms with Crippen molar-refractivity contribution in [2.75, 3.05) is 7.11 Å². The second-order valence-electron chi connectivity index (χ2n) is 5.61. The van der Waals surface area contributed by atoms with E-state index in [-0.39, 0.29) is 18.3 Å². The van der Waals surface area contributed by atoms with Gasteiger partial charge in [-0.3, -0.25) is 0 Å². The molecular weight excluding hydrogens is 288 g/mol. The first-order chi connectivity index (χ1) is 11.4. The van der Waals surface area contributed by atoms with Gasteiger partial charge in [0.25, 0.3) is 0 Å². The maximum Gasteiger partial charge on any atom is 0.117 e. The molecular formula is C20H22O3. The van der Waals surface area contributed by atoms with Crippen molar-refractivity contribution in [1.82, 2.24) is 0 Å². The normalized spacial score (nSPS) is 23.3. The van der Waals surface area contributed by atoms with Crippen LogP contribution in [-0.2, 0) is 27.4 Å². The fourth-order valence-electron chi connectivity index (χ4n) is 2.71. The maximum absolute atomic E-state index is 6.08. The smallest absolute Gasteiger partial charge is 0.117 e. The van der Waals surface area contributed by atoms with Crippen LogP contribution < -0.4 is 0 Å². The van der Waals surface area contributed by atoms with E-state index in [2.05, 4.69) is 24.3 Å². The van der Waals surface area contributed by atoms with Crippen molar-refractivity contribution in [3.63, 3.8) is 0 Å². The van der Waals surface area contributed by atoms with Crippen molar-refractivity contribution < 1.29 is 14.2 Å². The Morgan fingerprint density at radius 2 is 1.22 bits per heavy atom. The summed E-state index contributed by atoms with van der Waals surface area (Å²) in [6.45, 7) is 1.12. The monoisotopic (exact) mass is 310 g/mol. The fourth-order valence-corrected chi connectivity index (χ4v) is 2.71. The third kappa shape index (κ3) is 4.29. The SMILES string of the molecule is CO[C@@H]1C=C[C@@H](OCc2ccccc2)[C@H]1OCc1ccccc1. The lowest BCUT2D eigenvalue weighted by atomic mass is 10.2. The predicted octanol–water partition coefficient (Wildman–Crippen LogP) is 3.74. The molecule has 0 amide bonds. The van der Waals surface area contributed by atoms with Gasteiger partial charge in [0, 0.05) is 7.11 Å². The Hall–Kier alpha value is -1.94. The van der Waals surface area contributed by atoms with Crippen LogP contribution in [0.15, 0.2) is 72.8 Å². The fraction of sp³-hybridized carbons (Fsp3) is 0.300. The quantitative estimate of drug-likeness (QED) is 0.729. The van der Waals surface area contributed by atoms with Crippen LogP contribution >= 0.6 is 0 Å². The zero-order valence-electron chi connectivity index (χ0n) is 13.3. The summed E-state index contributed by atoms with van der Waals surface area (Å²) < 4.78 is 17.6. The molecule has 0 heterocycles. The molecule has 1 aliphatic rings. The highest BCUT2D eigenvalue weighted by molar-refractivity contribution is 5.16.